The number of hydrogen-bond acceptors (Lipinski definition) is 6. The summed E-state index contributed by atoms with van der Waals surface area (Å²) in [7, 11) is 1.62. The van der Waals surface area contributed by atoms with Crippen molar-refractivity contribution >= 4 is 44.7 Å². The molecule has 8 nitrogen and oxygen atoms in total. The predicted octanol–water partition coefficient (Wildman–Crippen LogP) is 6.56. The van der Waals surface area contributed by atoms with E-state index in [1.54, 1.807) is 48.8 Å². The lowest BCUT2D eigenvalue weighted by atomic mass is 10.0. The molecule has 3 aromatic heterocycles. The number of pyridine rings is 1. The number of rotatable bonds is 12. The van der Waals surface area contributed by atoms with Crippen LogP contribution >= 0.6 is 11.3 Å². The topological polar surface area (TPSA) is 83.4 Å². The first-order chi connectivity index (χ1) is 21.9. The van der Waals surface area contributed by atoms with Crippen molar-refractivity contribution in [1.29, 1.82) is 0 Å². The second kappa shape index (κ2) is 14.1. The number of carbonyl (C=O) groups is 2. The number of halogens is 1. The summed E-state index contributed by atoms with van der Waals surface area (Å²) in [4.78, 5) is 39.3. The zero-order valence-electron chi connectivity index (χ0n) is 25.4. The Bertz CT molecular complexity index is 1780. The number of nitrogens with zero attached hydrogens (tertiary/aromatic N) is 5. The number of fused-ring (bicyclic) bond motifs is 1. The van der Waals surface area contributed by atoms with Crippen molar-refractivity contribution in [2.45, 2.75) is 45.1 Å². The van der Waals surface area contributed by atoms with Gasteiger partial charge >= 0.3 is 0 Å². The summed E-state index contributed by atoms with van der Waals surface area (Å²) in [6.07, 6.45) is 10.4. The fourth-order valence-corrected chi connectivity index (χ4v) is 6.88. The Hall–Kier alpha value is -4.41. The van der Waals surface area contributed by atoms with Gasteiger partial charge in [-0.15, -0.1) is 11.3 Å². The van der Waals surface area contributed by atoms with E-state index in [1.165, 1.54) is 36.9 Å². The van der Waals surface area contributed by atoms with Gasteiger partial charge in [-0.25, -0.2) is 9.37 Å². The fourth-order valence-electron chi connectivity index (χ4n) is 5.76. The van der Waals surface area contributed by atoms with Crippen molar-refractivity contribution < 1.29 is 14.0 Å². The molecule has 0 spiro atoms. The van der Waals surface area contributed by atoms with Gasteiger partial charge in [-0.3, -0.25) is 14.6 Å². The van der Waals surface area contributed by atoms with E-state index < -0.39 is 11.7 Å². The Morgan fingerprint density at radius 2 is 1.78 bits per heavy atom. The fraction of sp³-hybridized carbons (Fsp3) is 0.314. The van der Waals surface area contributed by atoms with Crippen molar-refractivity contribution in [2.75, 3.05) is 36.9 Å². The molecule has 45 heavy (non-hydrogen) atoms. The molecule has 0 saturated carbocycles. The minimum absolute atomic E-state index is 0.320. The van der Waals surface area contributed by atoms with E-state index in [4.69, 9.17) is 0 Å². The number of likely N-dealkylation sites (tertiary alicyclic amines) is 1. The zero-order chi connectivity index (χ0) is 31.2. The van der Waals surface area contributed by atoms with Crippen LogP contribution in [0.15, 0.2) is 79.4 Å². The summed E-state index contributed by atoms with van der Waals surface area (Å²) in [6.45, 7) is 4.53. The van der Waals surface area contributed by atoms with Crippen LogP contribution in [-0.2, 0) is 29.0 Å². The summed E-state index contributed by atoms with van der Waals surface area (Å²) in [6, 6.07) is 17.9. The van der Waals surface area contributed by atoms with Crippen LogP contribution in [0.3, 0.4) is 0 Å². The lowest BCUT2D eigenvalue weighted by Crippen LogP contribution is -2.30. The summed E-state index contributed by atoms with van der Waals surface area (Å²) in [5.74, 6) is -1.24. The SMILES string of the molecule is CN(C(=O)CC(=O)Nc1ccc(CCc2ccnc3cc(-c4cn(CCCN5CCCC5)cn4)sc23)c(F)c1)c1ccccc1. The van der Waals surface area contributed by atoms with Crippen LogP contribution in [0.2, 0.25) is 0 Å². The second-order valence-electron chi connectivity index (χ2n) is 11.5. The average Bonchev–Trinajstić information content (AvgIpc) is 3.82. The molecule has 1 fully saturated rings. The predicted molar refractivity (Wildman–Crippen MR) is 178 cm³/mol. The Morgan fingerprint density at radius 3 is 2.58 bits per heavy atom. The number of hydrogen-bond donors (Lipinski definition) is 1. The van der Waals surface area contributed by atoms with Crippen molar-refractivity contribution in [3.05, 3.63) is 96.3 Å². The molecular formula is C35H37FN6O2S. The average molecular weight is 625 g/mol. The first-order valence-corrected chi connectivity index (χ1v) is 16.3. The minimum Gasteiger partial charge on any atom is -0.337 e. The van der Waals surface area contributed by atoms with Gasteiger partial charge in [0.15, 0.2) is 0 Å². The summed E-state index contributed by atoms with van der Waals surface area (Å²) >= 11 is 1.67. The Labute approximate surface area is 266 Å². The molecule has 1 aliphatic rings. The van der Waals surface area contributed by atoms with Crippen molar-refractivity contribution in [2.24, 2.45) is 0 Å². The molecule has 0 aliphatic carbocycles. The number of nitrogens with one attached hydrogen (secondary N) is 1. The molecule has 0 atom stereocenters. The van der Waals surface area contributed by atoms with Crippen LogP contribution in [0.25, 0.3) is 20.8 Å². The van der Waals surface area contributed by atoms with E-state index >= 15 is 4.39 Å². The van der Waals surface area contributed by atoms with Gasteiger partial charge in [-0.05, 0) is 99.3 Å². The van der Waals surface area contributed by atoms with Crippen molar-refractivity contribution in [3.63, 3.8) is 0 Å². The highest BCUT2D eigenvalue weighted by molar-refractivity contribution is 7.22. The number of thiophene rings is 1. The first kappa shape index (κ1) is 30.6. The molecule has 1 N–H and O–H groups in total. The highest BCUT2D eigenvalue weighted by Crippen LogP contribution is 2.34. The third-order valence-electron chi connectivity index (χ3n) is 8.30. The van der Waals surface area contributed by atoms with Gasteiger partial charge in [-0.1, -0.05) is 24.3 Å². The maximum absolute atomic E-state index is 15.1. The smallest absolute Gasteiger partial charge is 0.236 e. The maximum atomic E-state index is 15.1. The number of anilines is 2. The van der Waals surface area contributed by atoms with Gasteiger partial charge in [0.2, 0.25) is 11.8 Å². The van der Waals surface area contributed by atoms with E-state index in [0.717, 1.165) is 45.9 Å². The van der Waals surface area contributed by atoms with Gasteiger partial charge in [0.25, 0.3) is 0 Å². The van der Waals surface area contributed by atoms with E-state index in [-0.39, 0.29) is 12.3 Å². The Kier molecular flexibility index (Phi) is 9.61. The largest absolute Gasteiger partial charge is 0.337 e. The molecule has 2 aromatic carbocycles. The number of para-hydroxylation sites is 1. The molecule has 5 aromatic rings. The van der Waals surface area contributed by atoms with E-state index in [2.05, 4.69) is 37.0 Å². The minimum atomic E-state index is -0.491. The number of carbonyl (C=O) groups excluding carboxylic acids is 2. The molecule has 10 heteroatoms. The van der Waals surface area contributed by atoms with Gasteiger partial charge in [0.1, 0.15) is 12.2 Å². The third-order valence-corrected chi connectivity index (χ3v) is 9.52. The number of benzene rings is 2. The molecule has 0 radical (unpaired) electrons. The second-order valence-corrected chi connectivity index (χ2v) is 12.6. The maximum Gasteiger partial charge on any atom is 0.236 e. The molecule has 1 saturated heterocycles. The lowest BCUT2D eigenvalue weighted by molar-refractivity contribution is -0.125. The zero-order valence-corrected chi connectivity index (χ0v) is 26.2. The van der Waals surface area contributed by atoms with Crippen molar-refractivity contribution in [1.82, 2.24) is 19.4 Å². The number of amides is 2. The standard InChI is InChI=1S/C35H37FN6O2S/c1-40(28-8-3-2-4-9-28)34(44)22-33(43)39-27-13-12-25(29(36)20-27)10-11-26-14-15-37-30-21-32(45-35(26)30)31-23-42(24-38-31)19-7-18-41-16-5-6-17-41/h2-4,8-9,12-15,20-21,23-24H,5-7,10-11,16-19,22H2,1H3,(H,39,43). The molecule has 0 bridgehead atoms. The Morgan fingerprint density at radius 1 is 0.978 bits per heavy atom. The summed E-state index contributed by atoms with van der Waals surface area (Å²) in [5.41, 5.74) is 4.55. The molecular weight excluding hydrogens is 587 g/mol. The molecule has 1 aliphatic heterocycles. The first-order valence-electron chi connectivity index (χ1n) is 15.4. The van der Waals surface area contributed by atoms with E-state index in [1.807, 2.05) is 30.6 Å². The van der Waals surface area contributed by atoms with Gasteiger partial charge in [-0.2, -0.15) is 0 Å². The highest BCUT2D eigenvalue weighted by Gasteiger charge is 2.17. The summed E-state index contributed by atoms with van der Waals surface area (Å²) in [5, 5.41) is 2.65. The van der Waals surface area contributed by atoms with Crippen LogP contribution in [-0.4, -0.2) is 57.9 Å². The van der Waals surface area contributed by atoms with Crippen LogP contribution < -0.4 is 10.2 Å². The van der Waals surface area contributed by atoms with Crippen molar-refractivity contribution in [3.8, 4) is 10.6 Å². The van der Waals surface area contributed by atoms with Crippen LogP contribution in [0.4, 0.5) is 15.8 Å². The van der Waals surface area contributed by atoms with Crippen LogP contribution in [0.5, 0.6) is 0 Å². The molecule has 232 valence electrons. The summed E-state index contributed by atoms with van der Waals surface area (Å²) < 4.78 is 18.3. The van der Waals surface area contributed by atoms with Crippen LogP contribution in [0, 0.1) is 5.82 Å². The number of imidazole rings is 1. The third kappa shape index (κ3) is 7.64. The van der Waals surface area contributed by atoms with E-state index in [0.29, 0.717) is 29.8 Å². The van der Waals surface area contributed by atoms with Gasteiger partial charge in [0.05, 0.1) is 27.1 Å². The van der Waals surface area contributed by atoms with Crippen LogP contribution in [0.1, 0.15) is 36.8 Å². The number of aromatic nitrogens is 3. The molecule has 2 amide bonds. The quantitative estimate of drug-likeness (QED) is 0.159. The number of aryl methyl sites for hydroxylation is 3. The normalized spacial score (nSPS) is 13.4. The molecule has 6 rings (SSSR count). The monoisotopic (exact) mass is 624 g/mol. The van der Waals surface area contributed by atoms with Gasteiger partial charge < -0.3 is 19.7 Å². The molecule has 0 unspecified atom stereocenters. The lowest BCUT2D eigenvalue weighted by Gasteiger charge is -2.17. The van der Waals surface area contributed by atoms with Gasteiger partial charge in [0, 0.05) is 37.4 Å². The van der Waals surface area contributed by atoms with E-state index in [9.17, 15) is 9.59 Å². The molecule has 4 heterocycles. The highest BCUT2D eigenvalue weighted by atomic mass is 32.1. The Balaban J connectivity index is 1.04.